The van der Waals surface area contributed by atoms with Crippen LogP contribution in [0.5, 0.6) is 0 Å². The van der Waals surface area contributed by atoms with E-state index in [1.165, 1.54) is 12.6 Å². The van der Waals surface area contributed by atoms with E-state index in [0.29, 0.717) is 13.1 Å². The largest absolute Gasteiger partial charge is 0.341 e. The van der Waals surface area contributed by atoms with Crippen LogP contribution in [0.2, 0.25) is 0 Å². The average molecular weight is 391 g/mol. The molecular formula is C22H25N5O2. The van der Waals surface area contributed by atoms with Crippen LogP contribution in [0.15, 0.2) is 73.1 Å². The lowest BCUT2D eigenvalue weighted by molar-refractivity contribution is -0.125. The van der Waals surface area contributed by atoms with Crippen LogP contribution in [0.1, 0.15) is 22.7 Å². The number of likely N-dealkylation sites (N-methyl/N-ethyl adjacent to an activating group) is 1. The van der Waals surface area contributed by atoms with Gasteiger partial charge in [-0.05, 0) is 18.2 Å². The summed E-state index contributed by atoms with van der Waals surface area (Å²) in [5.74, 6) is -0.380. The summed E-state index contributed by atoms with van der Waals surface area (Å²) >= 11 is 0. The van der Waals surface area contributed by atoms with Gasteiger partial charge in [0, 0.05) is 25.4 Å². The zero-order valence-electron chi connectivity index (χ0n) is 16.6. The van der Waals surface area contributed by atoms with Crippen molar-refractivity contribution in [2.45, 2.75) is 19.1 Å². The smallest absolute Gasteiger partial charge is 0.321 e. The lowest BCUT2D eigenvalue weighted by Crippen LogP contribution is -2.44. The summed E-state index contributed by atoms with van der Waals surface area (Å²) in [5, 5.41) is 9.22. The maximum Gasteiger partial charge on any atom is 0.321 e. The van der Waals surface area contributed by atoms with Crippen molar-refractivity contribution in [2.75, 3.05) is 14.1 Å². The number of amides is 3. The number of nitrogens with one attached hydrogen (secondary N) is 2. The van der Waals surface area contributed by atoms with Gasteiger partial charge in [0.1, 0.15) is 6.04 Å². The van der Waals surface area contributed by atoms with Gasteiger partial charge in [-0.3, -0.25) is 19.7 Å². The first-order valence-corrected chi connectivity index (χ1v) is 9.40. The SMILES string of the molecule is CNC(=O)NC(=O)[C@H](c1ccccc1)N(C)Cc1cnn(Cc2ccccc2)c1. The van der Waals surface area contributed by atoms with E-state index in [0.717, 1.165) is 11.1 Å². The second-order valence-electron chi connectivity index (χ2n) is 6.83. The zero-order valence-corrected chi connectivity index (χ0v) is 16.6. The number of benzene rings is 2. The Morgan fingerprint density at radius 3 is 2.34 bits per heavy atom. The third kappa shape index (κ3) is 5.52. The van der Waals surface area contributed by atoms with Crippen molar-refractivity contribution in [3.05, 3.63) is 89.7 Å². The number of carbonyl (C=O) groups excluding carboxylic acids is 2. The first kappa shape index (κ1) is 20.3. The first-order chi connectivity index (χ1) is 14.1. The molecule has 0 unspecified atom stereocenters. The van der Waals surface area contributed by atoms with Crippen LogP contribution in [0, 0.1) is 0 Å². The molecule has 1 heterocycles. The van der Waals surface area contributed by atoms with E-state index in [2.05, 4.69) is 27.9 Å². The van der Waals surface area contributed by atoms with Crippen molar-refractivity contribution in [1.82, 2.24) is 25.3 Å². The van der Waals surface area contributed by atoms with Crippen LogP contribution >= 0.6 is 0 Å². The molecule has 7 nitrogen and oxygen atoms in total. The maximum atomic E-state index is 12.8. The van der Waals surface area contributed by atoms with Gasteiger partial charge in [-0.25, -0.2) is 4.79 Å². The summed E-state index contributed by atoms with van der Waals surface area (Å²) in [6.45, 7) is 1.19. The Bertz CT molecular complexity index is 940. The molecule has 0 aliphatic heterocycles. The monoisotopic (exact) mass is 391 g/mol. The predicted octanol–water partition coefficient (Wildman–Crippen LogP) is 2.56. The van der Waals surface area contributed by atoms with E-state index in [1.807, 2.05) is 71.4 Å². The van der Waals surface area contributed by atoms with Gasteiger partial charge in [0.15, 0.2) is 0 Å². The van der Waals surface area contributed by atoms with Crippen molar-refractivity contribution in [1.29, 1.82) is 0 Å². The molecule has 1 atom stereocenters. The Morgan fingerprint density at radius 1 is 1.03 bits per heavy atom. The molecule has 2 N–H and O–H groups in total. The highest BCUT2D eigenvalue weighted by atomic mass is 16.2. The molecule has 0 aliphatic rings. The zero-order chi connectivity index (χ0) is 20.6. The number of rotatable bonds is 7. The second-order valence-corrected chi connectivity index (χ2v) is 6.83. The van der Waals surface area contributed by atoms with Crippen LogP contribution in [-0.2, 0) is 17.9 Å². The van der Waals surface area contributed by atoms with Gasteiger partial charge in [-0.1, -0.05) is 60.7 Å². The number of hydrogen-bond donors (Lipinski definition) is 2. The van der Waals surface area contributed by atoms with Crippen molar-refractivity contribution < 1.29 is 9.59 Å². The van der Waals surface area contributed by atoms with E-state index >= 15 is 0 Å². The van der Waals surface area contributed by atoms with Crippen molar-refractivity contribution in [3.63, 3.8) is 0 Å². The van der Waals surface area contributed by atoms with Crippen molar-refractivity contribution >= 4 is 11.9 Å². The van der Waals surface area contributed by atoms with E-state index in [9.17, 15) is 9.59 Å². The maximum absolute atomic E-state index is 12.8. The molecule has 0 aliphatic carbocycles. The molecular weight excluding hydrogens is 366 g/mol. The Hall–Kier alpha value is -3.45. The normalized spacial score (nSPS) is 11.8. The summed E-state index contributed by atoms with van der Waals surface area (Å²) in [7, 11) is 3.33. The highest BCUT2D eigenvalue weighted by Gasteiger charge is 2.26. The Labute approximate surface area is 170 Å². The topological polar surface area (TPSA) is 79.3 Å². The molecule has 0 saturated carbocycles. The van der Waals surface area contributed by atoms with E-state index in [1.54, 1.807) is 6.20 Å². The van der Waals surface area contributed by atoms with Crippen molar-refractivity contribution in [3.8, 4) is 0 Å². The minimum absolute atomic E-state index is 0.380. The van der Waals surface area contributed by atoms with Crippen LogP contribution in [0.3, 0.4) is 0 Å². The highest BCUT2D eigenvalue weighted by molar-refractivity contribution is 5.97. The highest BCUT2D eigenvalue weighted by Crippen LogP contribution is 2.21. The lowest BCUT2D eigenvalue weighted by Gasteiger charge is -2.26. The molecule has 0 radical (unpaired) electrons. The van der Waals surface area contributed by atoms with Gasteiger partial charge in [0.25, 0.3) is 0 Å². The molecule has 2 aromatic carbocycles. The Balaban J connectivity index is 1.73. The molecule has 7 heteroatoms. The minimum Gasteiger partial charge on any atom is -0.341 e. The summed E-state index contributed by atoms with van der Waals surface area (Å²) in [5.41, 5.74) is 2.97. The molecule has 3 rings (SSSR count). The van der Waals surface area contributed by atoms with E-state index < -0.39 is 12.1 Å². The predicted molar refractivity (Wildman–Crippen MR) is 111 cm³/mol. The number of carbonyl (C=O) groups is 2. The van der Waals surface area contributed by atoms with Gasteiger partial charge in [-0.2, -0.15) is 5.10 Å². The quantitative estimate of drug-likeness (QED) is 0.649. The summed E-state index contributed by atoms with van der Waals surface area (Å²) in [6.07, 6.45) is 3.78. The van der Waals surface area contributed by atoms with Crippen LogP contribution in [0.25, 0.3) is 0 Å². The third-order valence-electron chi connectivity index (χ3n) is 4.57. The molecule has 0 saturated heterocycles. The number of hydrogen-bond acceptors (Lipinski definition) is 4. The molecule has 3 amide bonds. The van der Waals surface area contributed by atoms with Crippen LogP contribution < -0.4 is 10.6 Å². The fourth-order valence-electron chi connectivity index (χ4n) is 3.21. The molecule has 0 spiro atoms. The van der Waals surface area contributed by atoms with Gasteiger partial charge >= 0.3 is 6.03 Å². The number of urea groups is 1. The molecule has 1 aromatic heterocycles. The van der Waals surface area contributed by atoms with Gasteiger partial charge in [0.2, 0.25) is 5.91 Å². The molecule has 0 fully saturated rings. The molecule has 0 bridgehead atoms. The van der Waals surface area contributed by atoms with Crippen molar-refractivity contribution in [2.24, 2.45) is 0 Å². The molecule has 29 heavy (non-hydrogen) atoms. The number of nitrogens with zero attached hydrogens (tertiary/aromatic N) is 3. The van der Waals surface area contributed by atoms with Gasteiger partial charge in [-0.15, -0.1) is 0 Å². The van der Waals surface area contributed by atoms with Gasteiger partial charge in [0.05, 0.1) is 12.7 Å². The minimum atomic E-state index is -0.606. The molecule has 3 aromatic rings. The third-order valence-corrected chi connectivity index (χ3v) is 4.57. The fourth-order valence-corrected chi connectivity index (χ4v) is 3.21. The standard InChI is InChI=1S/C22H25N5O2/c1-23-22(29)25-21(28)20(19-11-7-4-8-12-19)26(2)14-18-13-24-27(16-18)15-17-9-5-3-6-10-17/h3-13,16,20H,14-15H2,1-2H3,(H2,23,25,28,29)/t20-/m0/s1. The van der Waals surface area contributed by atoms with Crippen LogP contribution in [0.4, 0.5) is 4.79 Å². The summed E-state index contributed by atoms with van der Waals surface area (Å²) < 4.78 is 1.88. The second kappa shape index (κ2) is 9.66. The van der Waals surface area contributed by atoms with Crippen LogP contribution in [-0.4, -0.2) is 40.7 Å². The first-order valence-electron chi connectivity index (χ1n) is 9.40. The Morgan fingerprint density at radius 2 is 1.69 bits per heavy atom. The average Bonchev–Trinajstić information content (AvgIpc) is 3.16. The fraction of sp³-hybridized carbons (Fsp3) is 0.227. The lowest BCUT2D eigenvalue weighted by atomic mass is 10.0. The number of imide groups is 1. The van der Waals surface area contributed by atoms with E-state index in [4.69, 9.17) is 0 Å². The summed E-state index contributed by atoms with van der Waals surface area (Å²) in [6, 6.07) is 18.4. The molecule has 150 valence electrons. The Kier molecular flexibility index (Phi) is 6.76. The summed E-state index contributed by atoms with van der Waals surface area (Å²) in [4.78, 5) is 26.3. The van der Waals surface area contributed by atoms with E-state index in [-0.39, 0.29) is 5.91 Å². The number of aromatic nitrogens is 2. The van der Waals surface area contributed by atoms with Gasteiger partial charge < -0.3 is 5.32 Å².